The Labute approximate surface area is 187 Å². The summed E-state index contributed by atoms with van der Waals surface area (Å²) in [7, 11) is 0. The second kappa shape index (κ2) is 9.06. The molecule has 2 heterocycles. The van der Waals surface area contributed by atoms with Crippen molar-refractivity contribution in [1.82, 2.24) is 25.1 Å². The van der Waals surface area contributed by atoms with Crippen molar-refractivity contribution in [2.24, 2.45) is 0 Å². The average molecular weight is 484 g/mol. The Bertz CT molecular complexity index is 1130. The molecule has 2 aromatic carbocycles. The molecule has 0 saturated carbocycles. The van der Waals surface area contributed by atoms with Crippen molar-refractivity contribution in [3.8, 4) is 5.69 Å². The lowest BCUT2D eigenvalue weighted by Crippen LogP contribution is -2.30. The molecule has 1 atom stereocenters. The molecule has 4 rings (SSSR count). The van der Waals surface area contributed by atoms with E-state index < -0.39 is 0 Å². The molecular formula is C22H22BrN5OS. The van der Waals surface area contributed by atoms with Crippen LogP contribution in [0, 0.1) is 6.92 Å². The number of H-pyrrole nitrogens is 1. The first-order chi connectivity index (χ1) is 14.6. The molecule has 1 amide bonds. The van der Waals surface area contributed by atoms with Crippen molar-refractivity contribution in [1.29, 1.82) is 0 Å². The Morgan fingerprint density at radius 3 is 2.73 bits per heavy atom. The maximum atomic E-state index is 13.1. The number of halogens is 1. The summed E-state index contributed by atoms with van der Waals surface area (Å²) in [5, 5.41) is 7.58. The zero-order valence-electron chi connectivity index (χ0n) is 16.7. The van der Waals surface area contributed by atoms with Crippen LogP contribution < -0.4 is 5.32 Å². The molecule has 0 aliphatic rings. The Balaban J connectivity index is 1.59. The van der Waals surface area contributed by atoms with E-state index >= 15 is 0 Å². The lowest BCUT2D eigenvalue weighted by Gasteiger charge is -2.16. The fourth-order valence-electron chi connectivity index (χ4n) is 3.36. The van der Waals surface area contributed by atoms with Gasteiger partial charge in [-0.1, -0.05) is 28.1 Å². The summed E-state index contributed by atoms with van der Waals surface area (Å²) < 4.78 is 2.77. The highest BCUT2D eigenvalue weighted by Gasteiger charge is 2.22. The van der Waals surface area contributed by atoms with Crippen LogP contribution in [0.2, 0.25) is 0 Å². The summed E-state index contributed by atoms with van der Waals surface area (Å²) in [4.78, 5) is 21.1. The van der Waals surface area contributed by atoms with Crippen molar-refractivity contribution < 1.29 is 4.79 Å². The lowest BCUT2D eigenvalue weighted by molar-refractivity contribution is 0.0933. The molecule has 0 spiro atoms. The molecule has 8 heteroatoms. The summed E-state index contributed by atoms with van der Waals surface area (Å²) in [6.07, 6.45) is 4.47. The van der Waals surface area contributed by atoms with Crippen LogP contribution in [-0.2, 0) is 0 Å². The number of nitrogens with zero attached hydrogens (tertiary/aromatic N) is 3. The number of aromatic amines is 1. The Morgan fingerprint density at radius 2 is 2.00 bits per heavy atom. The van der Waals surface area contributed by atoms with Crippen molar-refractivity contribution in [2.75, 3.05) is 12.0 Å². The highest BCUT2D eigenvalue weighted by Crippen LogP contribution is 2.22. The summed E-state index contributed by atoms with van der Waals surface area (Å²) in [6, 6.07) is 15.5. The van der Waals surface area contributed by atoms with E-state index in [-0.39, 0.29) is 11.9 Å². The van der Waals surface area contributed by atoms with E-state index in [1.165, 1.54) is 0 Å². The highest BCUT2D eigenvalue weighted by molar-refractivity contribution is 9.10. The molecule has 30 heavy (non-hydrogen) atoms. The molecule has 0 aliphatic carbocycles. The van der Waals surface area contributed by atoms with Crippen LogP contribution in [-0.4, -0.2) is 37.7 Å². The van der Waals surface area contributed by atoms with E-state index in [9.17, 15) is 4.79 Å². The van der Waals surface area contributed by atoms with Crippen LogP contribution in [0.5, 0.6) is 0 Å². The topological polar surface area (TPSA) is 75.6 Å². The van der Waals surface area contributed by atoms with Gasteiger partial charge in [0.1, 0.15) is 5.82 Å². The standard InChI is InChI=1S/C22H22BrN5OS/c1-14-17(13-24-28(14)16-9-7-15(23)8-10-16)22(29)27-20(11-12-30-2)21-25-18-5-3-4-6-19(18)26-21/h3-10,13,20H,11-12H2,1-2H3,(H,25,26)(H,27,29). The molecular weight excluding hydrogens is 462 g/mol. The van der Waals surface area contributed by atoms with Crippen LogP contribution >= 0.6 is 27.7 Å². The number of para-hydroxylation sites is 2. The van der Waals surface area contributed by atoms with Crippen LogP contribution in [0.3, 0.4) is 0 Å². The zero-order chi connectivity index (χ0) is 21.1. The van der Waals surface area contributed by atoms with Crippen molar-refractivity contribution in [3.63, 3.8) is 0 Å². The van der Waals surface area contributed by atoms with Crippen molar-refractivity contribution >= 4 is 44.6 Å². The number of imidazole rings is 1. The number of thioether (sulfide) groups is 1. The van der Waals surface area contributed by atoms with Gasteiger partial charge >= 0.3 is 0 Å². The largest absolute Gasteiger partial charge is 0.342 e. The zero-order valence-corrected chi connectivity index (χ0v) is 19.1. The van der Waals surface area contributed by atoms with Crippen LogP contribution in [0.25, 0.3) is 16.7 Å². The molecule has 0 radical (unpaired) electrons. The second-order valence-electron chi connectivity index (χ2n) is 6.98. The average Bonchev–Trinajstić information content (AvgIpc) is 3.35. The SMILES string of the molecule is CSCCC(NC(=O)c1cnn(-c2ccc(Br)cc2)c1C)c1nc2ccccc2[nH]1. The van der Waals surface area contributed by atoms with E-state index in [0.29, 0.717) is 5.56 Å². The first kappa shape index (κ1) is 20.7. The Kier molecular flexibility index (Phi) is 6.24. The number of carbonyl (C=O) groups excluding carboxylic acids is 1. The lowest BCUT2D eigenvalue weighted by atomic mass is 10.1. The number of amides is 1. The minimum atomic E-state index is -0.201. The van der Waals surface area contributed by atoms with Gasteiger partial charge in [0.25, 0.3) is 5.91 Å². The third-order valence-corrected chi connectivity index (χ3v) is 6.15. The number of rotatable bonds is 7. The maximum absolute atomic E-state index is 13.1. The van der Waals surface area contributed by atoms with Gasteiger partial charge in [-0.05, 0) is 61.8 Å². The molecule has 0 bridgehead atoms. The van der Waals surface area contributed by atoms with E-state index in [1.54, 1.807) is 22.6 Å². The molecule has 4 aromatic rings. The van der Waals surface area contributed by atoms with Gasteiger partial charge in [0.15, 0.2) is 0 Å². The molecule has 6 nitrogen and oxygen atoms in total. The number of hydrogen-bond acceptors (Lipinski definition) is 4. The third kappa shape index (κ3) is 4.29. The van der Waals surface area contributed by atoms with Gasteiger partial charge in [0.05, 0.1) is 40.2 Å². The van der Waals surface area contributed by atoms with Gasteiger partial charge in [0, 0.05) is 4.47 Å². The molecule has 2 aromatic heterocycles. The third-order valence-electron chi connectivity index (χ3n) is 4.98. The Morgan fingerprint density at radius 1 is 1.23 bits per heavy atom. The predicted molar refractivity (Wildman–Crippen MR) is 125 cm³/mol. The number of fused-ring (bicyclic) bond motifs is 1. The molecule has 0 fully saturated rings. The monoisotopic (exact) mass is 483 g/mol. The fraction of sp³-hybridized carbons (Fsp3) is 0.227. The predicted octanol–water partition coefficient (Wildman–Crippen LogP) is 5.04. The van der Waals surface area contributed by atoms with Crippen molar-refractivity contribution in [2.45, 2.75) is 19.4 Å². The number of hydrogen-bond donors (Lipinski definition) is 2. The second-order valence-corrected chi connectivity index (χ2v) is 8.88. The molecule has 1 unspecified atom stereocenters. The molecule has 154 valence electrons. The van der Waals surface area contributed by atoms with Crippen LogP contribution in [0.4, 0.5) is 0 Å². The van der Waals surface area contributed by atoms with Gasteiger partial charge < -0.3 is 10.3 Å². The van der Waals surface area contributed by atoms with Gasteiger partial charge in [0.2, 0.25) is 0 Å². The number of benzene rings is 2. The van der Waals surface area contributed by atoms with Crippen LogP contribution in [0.1, 0.15) is 34.3 Å². The Hall–Kier alpha value is -2.58. The van der Waals surface area contributed by atoms with E-state index in [1.807, 2.05) is 55.5 Å². The maximum Gasteiger partial charge on any atom is 0.255 e. The van der Waals surface area contributed by atoms with Gasteiger partial charge in [-0.3, -0.25) is 4.79 Å². The minimum absolute atomic E-state index is 0.151. The fourth-order valence-corrected chi connectivity index (χ4v) is 4.10. The smallest absolute Gasteiger partial charge is 0.255 e. The van der Waals surface area contributed by atoms with Crippen LogP contribution in [0.15, 0.2) is 59.2 Å². The van der Waals surface area contributed by atoms with E-state index in [4.69, 9.17) is 4.98 Å². The summed E-state index contributed by atoms with van der Waals surface area (Å²) >= 11 is 5.19. The number of nitrogens with one attached hydrogen (secondary N) is 2. The van der Waals surface area contributed by atoms with Gasteiger partial charge in [-0.2, -0.15) is 16.9 Å². The number of aromatic nitrogens is 4. The number of carbonyl (C=O) groups is 1. The summed E-state index contributed by atoms with van der Waals surface area (Å²) in [6.45, 7) is 1.90. The molecule has 0 aliphatic heterocycles. The normalized spacial score (nSPS) is 12.2. The van der Waals surface area contributed by atoms with Gasteiger partial charge in [-0.25, -0.2) is 9.67 Å². The van der Waals surface area contributed by atoms with E-state index in [2.05, 4.69) is 37.6 Å². The van der Waals surface area contributed by atoms with Gasteiger partial charge in [-0.15, -0.1) is 0 Å². The van der Waals surface area contributed by atoms with E-state index in [0.717, 1.165) is 44.9 Å². The molecule has 0 saturated heterocycles. The van der Waals surface area contributed by atoms with Crippen molar-refractivity contribution in [3.05, 3.63) is 76.3 Å². The highest BCUT2D eigenvalue weighted by atomic mass is 79.9. The summed E-state index contributed by atoms with van der Waals surface area (Å²) in [5.41, 5.74) is 4.13. The first-order valence-electron chi connectivity index (χ1n) is 9.62. The quantitative estimate of drug-likeness (QED) is 0.385. The first-order valence-corrected chi connectivity index (χ1v) is 11.8. The molecule has 2 N–H and O–H groups in total. The summed E-state index contributed by atoms with van der Waals surface area (Å²) in [5.74, 6) is 1.54. The minimum Gasteiger partial charge on any atom is -0.342 e.